The highest BCUT2D eigenvalue weighted by molar-refractivity contribution is 7.92. The highest BCUT2D eigenvalue weighted by Gasteiger charge is 2.23. The number of hydrogen-bond acceptors (Lipinski definition) is 7. The SMILES string of the molecule is Cc1ccc(S(=O)(=O)Nc2nc(-c3ccncc3)nc(C)c2Oc2ccccc2C)nc1. The maximum atomic E-state index is 13.0. The zero-order valence-corrected chi connectivity index (χ0v) is 18.6. The van der Waals surface area contributed by atoms with Crippen LogP contribution in [0, 0.1) is 20.8 Å². The van der Waals surface area contributed by atoms with Gasteiger partial charge in [0.1, 0.15) is 5.75 Å². The number of rotatable bonds is 6. The molecule has 0 spiro atoms. The topological polar surface area (TPSA) is 107 Å². The fraction of sp³-hybridized carbons (Fsp3) is 0.130. The normalized spacial score (nSPS) is 11.2. The van der Waals surface area contributed by atoms with Crippen LogP contribution in [-0.2, 0) is 10.0 Å². The van der Waals surface area contributed by atoms with Gasteiger partial charge in [-0.3, -0.25) is 9.71 Å². The Kier molecular flexibility index (Phi) is 5.83. The van der Waals surface area contributed by atoms with Crippen LogP contribution in [0.15, 0.2) is 72.1 Å². The minimum atomic E-state index is -4.01. The van der Waals surface area contributed by atoms with Crippen molar-refractivity contribution in [1.82, 2.24) is 19.9 Å². The Morgan fingerprint density at radius 3 is 2.34 bits per heavy atom. The van der Waals surface area contributed by atoms with Gasteiger partial charge in [0.05, 0.1) is 5.69 Å². The van der Waals surface area contributed by atoms with Gasteiger partial charge in [-0.2, -0.15) is 8.42 Å². The zero-order chi connectivity index (χ0) is 22.7. The maximum absolute atomic E-state index is 13.0. The van der Waals surface area contributed by atoms with Crippen LogP contribution >= 0.6 is 0 Å². The number of hydrogen-bond donors (Lipinski definition) is 1. The predicted octanol–water partition coefficient (Wildman–Crippen LogP) is 4.45. The second-order valence-electron chi connectivity index (χ2n) is 7.19. The van der Waals surface area contributed by atoms with Crippen molar-refractivity contribution in [2.75, 3.05) is 4.72 Å². The molecule has 1 N–H and O–H groups in total. The molecule has 162 valence electrons. The summed E-state index contributed by atoms with van der Waals surface area (Å²) in [6.45, 7) is 5.47. The number of anilines is 1. The summed E-state index contributed by atoms with van der Waals surface area (Å²) in [5, 5.41) is -0.119. The van der Waals surface area contributed by atoms with Gasteiger partial charge in [0, 0.05) is 24.2 Å². The lowest BCUT2D eigenvalue weighted by Crippen LogP contribution is -2.17. The summed E-state index contributed by atoms with van der Waals surface area (Å²) in [5.74, 6) is 1.16. The van der Waals surface area contributed by atoms with Crippen LogP contribution in [0.3, 0.4) is 0 Å². The number of ether oxygens (including phenoxy) is 1. The monoisotopic (exact) mass is 447 g/mol. The van der Waals surface area contributed by atoms with E-state index >= 15 is 0 Å². The highest BCUT2D eigenvalue weighted by Crippen LogP contribution is 2.35. The summed E-state index contributed by atoms with van der Waals surface area (Å²) in [4.78, 5) is 17.0. The number of pyridine rings is 2. The van der Waals surface area contributed by atoms with Crippen LogP contribution in [0.25, 0.3) is 11.4 Å². The van der Waals surface area contributed by atoms with E-state index in [9.17, 15) is 8.42 Å². The van der Waals surface area contributed by atoms with Gasteiger partial charge >= 0.3 is 0 Å². The minimum absolute atomic E-state index is 0.0231. The molecule has 0 aliphatic rings. The van der Waals surface area contributed by atoms with Gasteiger partial charge in [0.15, 0.2) is 22.4 Å². The Bertz CT molecular complexity index is 1360. The van der Waals surface area contributed by atoms with Crippen LogP contribution in [-0.4, -0.2) is 28.4 Å². The predicted molar refractivity (Wildman–Crippen MR) is 121 cm³/mol. The van der Waals surface area contributed by atoms with Crippen molar-refractivity contribution in [3.63, 3.8) is 0 Å². The third-order valence-corrected chi connectivity index (χ3v) is 5.92. The van der Waals surface area contributed by atoms with Gasteiger partial charge in [0.2, 0.25) is 0 Å². The second-order valence-corrected chi connectivity index (χ2v) is 8.82. The van der Waals surface area contributed by atoms with Crippen molar-refractivity contribution in [3.8, 4) is 22.9 Å². The van der Waals surface area contributed by atoms with Crippen LogP contribution in [0.2, 0.25) is 0 Å². The molecule has 3 aromatic heterocycles. The number of para-hydroxylation sites is 1. The van der Waals surface area contributed by atoms with E-state index in [0.29, 0.717) is 22.8 Å². The number of aryl methyl sites for hydroxylation is 3. The van der Waals surface area contributed by atoms with E-state index in [-0.39, 0.29) is 16.6 Å². The molecule has 0 atom stereocenters. The molecule has 0 amide bonds. The van der Waals surface area contributed by atoms with Crippen molar-refractivity contribution in [3.05, 3.63) is 83.9 Å². The third-order valence-electron chi connectivity index (χ3n) is 4.67. The lowest BCUT2D eigenvalue weighted by Gasteiger charge is -2.16. The first-order valence-corrected chi connectivity index (χ1v) is 11.3. The van der Waals surface area contributed by atoms with E-state index in [1.807, 2.05) is 32.0 Å². The Morgan fingerprint density at radius 2 is 1.66 bits per heavy atom. The first-order chi connectivity index (χ1) is 15.3. The highest BCUT2D eigenvalue weighted by atomic mass is 32.2. The maximum Gasteiger partial charge on any atom is 0.280 e. The standard InChI is InChI=1S/C23H21N5O3S/c1-15-8-9-20(25-14-15)32(29,30)28-23-21(31-19-7-5-4-6-16(19)2)17(3)26-22(27-23)18-10-12-24-13-11-18/h4-14H,1-3H3,(H,26,27,28). The van der Waals surface area contributed by atoms with Crippen molar-refractivity contribution in [1.29, 1.82) is 0 Å². The Morgan fingerprint density at radius 1 is 0.906 bits per heavy atom. The molecule has 0 saturated carbocycles. The smallest absolute Gasteiger partial charge is 0.280 e. The van der Waals surface area contributed by atoms with E-state index in [0.717, 1.165) is 11.1 Å². The molecule has 0 saturated heterocycles. The first-order valence-electron chi connectivity index (χ1n) is 9.81. The molecule has 9 heteroatoms. The summed E-state index contributed by atoms with van der Waals surface area (Å²) in [7, 11) is -4.01. The van der Waals surface area contributed by atoms with Gasteiger partial charge in [-0.25, -0.2) is 15.0 Å². The second kappa shape index (κ2) is 8.72. The fourth-order valence-corrected chi connectivity index (χ4v) is 3.89. The first kappa shape index (κ1) is 21.4. The van der Waals surface area contributed by atoms with Gasteiger partial charge in [-0.05, 0) is 56.2 Å². The van der Waals surface area contributed by atoms with Gasteiger partial charge in [-0.15, -0.1) is 0 Å². The molecule has 0 bridgehead atoms. The van der Waals surface area contributed by atoms with Crippen LogP contribution in [0.5, 0.6) is 11.5 Å². The number of sulfonamides is 1. The van der Waals surface area contributed by atoms with E-state index in [1.165, 1.54) is 12.3 Å². The number of aromatic nitrogens is 4. The summed E-state index contributed by atoms with van der Waals surface area (Å²) in [6.07, 6.45) is 4.73. The van der Waals surface area contributed by atoms with Gasteiger partial charge < -0.3 is 4.74 Å². The van der Waals surface area contributed by atoms with Crippen LogP contribution in [0.1, 0.15) is 16.8 Å². The van der Waals surface area contributed by atoms with Crippen LogP contribution < -0.4 is 9.46 Å². The molecule has 3 heterocycles. The fourth-order valence-electron chi connectivity index (χ4n) is 2.96. The molecular formula is C23H21N5O3S. The molecule has 4 aromatic rings. The molecule has 0 aliphatic heterocycles. The number of benzene rings is 1. The number of nitrogens with one attached hydrogen (secondary N) is 1. The third kappa shape index (κ3) is 4.57. The van der Waals surface area contributed by atoms with Gasteiger partial charge in [-0.1, -0.05) is 24.3 Å². The van der Waals surface area contributed by atoms with Gasteiger partial charge in [0.25, 0.3) is 10.0 Å². The average molecular weight is 448 g/mol. The average Bonchev–Trinajstić information content (AvgIpc) is 2.78. The molecular weight excluding hydrogens is 426 g/mol. The lowest BCUT2D eigenvalue weighted by atomic mass is 10.2. The molecule has 0 aliphatic carbocycles. The number of nitrogens with zero attached hydrogens (tertiary/aromatic N) is 4. The summed E-state index contributed by atoms with van der Waals surface area (Å²) in [5.41, 5.74) is 2.91. The molecule has 0 unspecified atom stereocenters. The molecule has 4 rings (SSSR count). The molecule has 1 aromatic carbocycles. The summed E-state index contributed by atoms with van der Waals surface area (Å²) >= 11 is 0. The zero-order valence-electron chi connectivity index (χ0n) is 17.8. The molecule has 32 heavy (non-hydrogen) atoms. The van der Waals surface area contributed by atoms with Crippen molar-refractivity contribution in [2.24, 2.45) is 0 Å². The minimum Gasteiger partial charge on any atom is -0.451 e. The molecule has 0 fully saturated rings. The molecule has 0 radical (unpaired) electrons. The van der Waals surface area contributed by atoms with E-state index in [2.05, 4.69) is 24.7 Å². The Hall–Kier alpha value is -3.85. The van der Waals surface area contributed by atoms with E-state index < -0.39 is 10.0 Å². The Labute approximate surface area is 186 Å². The van der Waals surface area contributed by atoms with E-state index in [4.69, 9.17) is 4.74 Å². The Balaban J connectivity index is 1.82. The molecule has 8 nitrogen and oxygen atoms in total. The van der Waals surface area contributed by atoms with Crippen molar-refractivity contribution >= 4 is 15.8 Å². The summed E-state index contributed by atoms with van der Waals surface area (Å²) < 4.78 is 34.7. The lowest BCUT2D eigenvalue weighted by molar-refractivity contribution is 0.472. The largest absolute Gasteiger partial charge is 0.451 e. The van der Waals surface area contributed by atoms with Crippen molar-refractivity contribution in [2.45, 2.75) is 25.8 Å². The quantitative estimate of drug-likeness (QED) is 0.465. The van der Waals surface area contributed by atoms with Crippen LogP contribution in [0.4, 0.5) is 5.82 Å². The van der Waals surface area contributed by atoms with E-state index in [1.54, 1.807) is 43.6 Å². The summed E-state index contributed by atoms with van der Waals surface area (Å²) in [6, 6.07) is 14.0. The van der Waals surface area contributed by atoms with Crippen molar-refractivity contribution < 1.29 is 13.2 Å².